The average Bonchev–Trinajstić information content (AvgIpc) is 2.48. The first-order valence-electron chi connectivity index (χ1n) is 7.67. The fraction of sp³-hybridized carbons (Fsp3) is 0.625. The van der Waals surface area contributed by atoms with Crippen molar-refractivity contribution in [3.63, 3.8) is 0 Å². The lowest BCUT2D eigenvalue weighted by Gasteiger charge is -2.29. The highest BCUT2D eigenvalue weighted by Crippen LogP contribution is 2.18. The Hall–Kier alpha value is -1.62. The van der Waals surface area contributed by atoms with Gasteiger partial charge in [0.25, 0.3) is 5.91 Å². The van der Waals surface area contributed by atoms with Crippen molar-refractivity contribution in [1.29, 1.82) is 0 Å². The zero-order valence-electron chi connectivity index (χ0n) is 13.5. The Morgan fingerprint density at radius 2 is 2.00 bits per heavy atom. The Balaban J connectivity index is 2.99. The van der Waals surface area contributed by atoms with Crippen LogP contribution in [0.5, 0.6) is 0 Å². The number of rotatable bonds is 8. The van der Waals surface area contributed by atoms with Gasteiger partial charge in [0.15, 0.2) is 0 Å². The molecule has 1 N–H and O–H groups in total. The van der Waals surface area contributed by atoms with Crippen LogP contribution in [0.25, 0.3) is 0 Å². The lowest BCUT2D eigenvalue weighted by molar-refractivity contribution is 0.0767. The molecule has 0 bridgehead atoms. The van der Waals surface area contributed by atoms with E-state index >= 15 is 0 Å². The van der Waals surface area contributed by atoms with Gasteiger partial charge in [0.1, 0.15) is 5.69 Å². The van der Waals surface area contributed by atoms with Crippen molar-refractivity contribution in [2.75, 3.05) is 31.1 Å². The fourth-order valence-corrected chi connectivity index (χ4v) is 2.31. The smallest absolute Gasteiger partial charge is 0.272 e. The van der Waals surface area contributed by atoms with Crippen molar-refractivity contribution in [3.8, 4) is 0 Å². The first kappa shape index (κ1) is 17.4. The van der Waals surface area contributed by atoms with E-state index in [0.29, 0.717) is 31.2 Å². The highest BCUT2D eigenvalue weighted by atomic mass is 16.3. The molecule has 0 saturated carbocycles. The van der Waals surface area contributed by atoms with E-state index in [1.807, 2.05) is 26.0 Å². The van der Waals surface area contributed by atoms with E-state index in [0.717, 1.165) is 12.2 Å². The van der Waals surface area contributed by atoms with Gasteiger partial charge in [0.05, 0.1) is 0 Å². The maximum atomic E-state index is 12.4. The first-order valence-corrected chi connectivity index (χ1v) is 7.67. The van der Waals surface area contributed by atoms with Crippen LogP contribution in [-0.2, 0) is 0 Å². The standard InChI is InChI=1S/C16H27N3O2/c1-5-18(6-2)16(21)15-12-14(8-9-17-15)19(13(3)4)10-7-11-20/h8-9,12-13,20H,5-7,10-11H2,1-4H3. The van der Waals surface area contributed by atoms with Crippen LogP contribution in [0.15, 0.2) is 18.3 Å². The van der Waals surface area contributed by atoms with Crippen molar-refractivity contribution in [1.82, 2.24) is 9.88 Å². The SMILES string of the molecule is CCN(CC)C(=O)c1cc(N(CCCO)C(C)C)ccn1. The summed E-state index contributed by atoms with van der Waals surface area (Å²) >= 11 is 0. The van der Waals surface area contributed by atoms with Crippen LogP contribution in [0.4, 0.5) is 5.69 Å². The molecule has 0 aliphatic heterocycles. The van der Waals surface area contributed by atoms with E-state index in [9.17, 15) is 4.79 Å². The molecule has 0 aliphatic carbocycles. The van der Waals surface area contributed by atoms with Crippen molar-refractivity contribution in [3.05, 3.63) is 24.0 Å². The molecule has 118 valence electrons. The Labute approximate surface area is 127 Å². The number of amides is 1. The number of hydrogen-bond donors (Lipinski definition) is 1. The summed E-state index contributed by atoms with van der Waals surface area (Å²) in [5.74, 6) is -0.0345. The van der Waals surface area contributed by atoms with Crippen LogP contribution in [0.2, 0.25) is 0 Å². The second kappa shape index (κ2) is 8.62. The second-order valence-corrected chi connectivity index (χ2v) is 5.24. The highest BCUT2D eigenvalue weighted by molar-refractivity contribution is 5.93. The van der Waals surface area contributed by atoms with Crippen LogP contribution < -0.4 is 4.90 Å². The van der Waals surface area contributed by atoms with Crippen molar-refractivity contribution >= 4 is 11.6 Å². The van der Waals surface area contributed by atoms with Crippen molar-refractivity contribution in [2.45, 2.75) is 40.2 Å². The summed E-state index contributed by atoms with van der Waals surface area (Å²) in [6.45, 7) is 10.4. The van der Waals surface area contributed by atoms with Gasteiger partial charge in [-0.2, -0.15) is 0 Å². The predicted molar refractivity (Wildman–Crippen MR) is 85.7 cm³/mol. The molecule has 1 amide bonds. The van der Waals surface area contributed by atoms with Crippen LogP contribution in [0.1, 0.15) is 44.6 Å². The molecule has 5 nitrogen and oxygen atoms in total. The molecule has 0 aliphatic rings. The van der Waals surface area contributed by atoms with Crippen LogP contribution >= 0.6 is 0 Å². The summed E-state index contributed by atoms with van der Waals surface area (Å²) in [5, 5.41) is 9.02. The van der Waals surface area contributed by atoms with Gasteiger partial charge in [-0.15, -0.1) is 0 Å². The summed E-state index contributed by atoms with van der Waals surface area (Å²) in [7, 11) is 0. The topological polar surface area (TPSA) is 56.7 Å². The quantitative estimate of drug-likeness (QED) is 0.798. The maximum absolute atomic E-state index is 12.4. The Bertz CT molecular complexity index is 445. The molecule has 1 aromatic rings. The molecule has 0 radical (unpaired) electrons. The Kier molecular flexibility index (Phi) is 7.15. The molecule has 0 saturated heterocycles. The number of nitrogens with zero attached hydrogens (tertiary/aromatic N) is 3. The van der Waals surface area contributed by atoms with Gasteiger partial charge in [-0.3, -0.25) is 9.78 Å². The van der Waals surface area contributed by atoms with E-state index in [4.69, 9.17) is 5.11 Å². The summed E-state index contributed by atoms with van der Waals surface area (Å²) < 4.78 is 0. The lowest BCUT2D eigenvalue weighted by Crippen LogP contribution is -2.33. The molecule has 0 atom stereocenters. The largest absolute Gasteiger partial charge is 0.396 e. The zero-order chi connectivity index (χ0) is 15.8. The van der Waals surface area contributed by atoms with Crippen LogP contribution in [0.3, 0.4) is 0 Å². The minimum atomic E-state index is -0.0345. The molecule has 0 aromatic carbocycles. The normalized spacial score (nSPS) is 10.8. The monoisotopic (exact) mass is 293 g/mol. The van der Waals surface area contributed by atoms with E-state index in [-0.39, 0.29) is 12.5 Å². The number of carbonyl (C=O) groups is 1. The number of hydrogen-bond acceptors (Lipinski definition) is 4. The molecule has 0 spiro atoms. The van der Waals surface area contributed by atoms with Crippen molar-refractivity contribution < 1.29 is 9.90 Å². The zero-order valence-corrected chi connectivity index (χ0v) is 13.5. The molecule has 21 heavy (non-hydrogen) atoms. The fourth-order valence-electron chi connectivity index (χ4n) is 2.31. The molecule has 5 heteroatoms. The van der Waals surface area contributed by atoms with E-state index < -0.39 is 0 Å². The number of anilines is 1. The van der Waals surface area contributed by atoms with Gasteiger partial charge in [0, 0.05) is 44.2 Å². The number of pyridine rings is 1. The highest BCUT2D eigenvalue weighted by Gasteiger charge is 2.17. The third-order valence-electron chi connectivity index (χ3n) is 3.53. The molecule has 1 rings (SSSR count). The maximum Gasteiger partial charge on any atom is 0.272 e. The minimum Gasteiger partial charge on any atom is -0.396 e. The predicted octanol–water partition coefficient (Wildman–Crippen LogP) is 2.16. The van der Waals surface area contributed by atoms with E-state index in [1.54, 1.807) is 11.1 Å². The molecule has 1 heterocycles. The Morgan fingerprint density at radius 3 is 2.52 bits per heavy atom. The molecule has 0 fully saturated rings. The van der Waals surface area contributed by atoms with E-state index in [1.165, 1.54) is 0 Å². The number of carbonyl (C=O) groups excluding carboxylic acids is 1. The average molecular weight is 293 g/mol. The summed E-state index contributed by atoms with van der Waals surface area (Å²) in [4.78, 5) is 20.5. The lowest BCUT2D eigenvalue weighted by atomic mass is 10.2. The third-order valence-corrected chi connectivity index (χ3v) is 3.53. The minimum absolute atomic E-state index is 0.0345. The van der Waals surface area contributed by atoms with Crippen molar-refractivity contribution in [2.24, 2.45) is 0 Å². The molecule has 0 unspecified atom stereocenters. The van der Waals surface area contributed by atoms with E-state index in [2.05, 4.69) is 23.7 Å². The first-order chi connectivity index (χ1) is 10.0. The third kappa shape index (κ3) is 4.70. The van der Waals surface area contributed by atoms with Crippen LogP contribution in [0, 0.1) is 0 Å². The summed E-state index contributed by atoms with van der Waals surface area (Å²) in [6, 6.07) is 4.06. The molecular weight excluding hydrogens is 266 g/mol. The summed E-state index contributed by atoms with van der Waals surface area (Å²) in [6.07, 6.45) is 2.39. The van der Waals surface area contributed by atoms with Crippen LogP contribution in [-0.4, -0.2) is 53.2 Å². The van der Waals surface area contributed by atoms with Gasteiger partial charge in [-0.05, 0) is 46.2 Å². The van der Waals surface area contributed by atoms with Gasteiger partial charge in [-0.25, -0.2) is 0 Å². The number of aliphatic hydroxyl groups is 1. The second-order valence-electron chi connectivity index (χ2n) is 5.24. The van der Waals surface area contributed by atoms with Gasteiger partial charge < -0.3 is 14.9 Å². The molecular formula is C16H27N3O2. The number of aliphatic hydroxyl groups excluding tert-OH is 1. The molecule has 1 aromatic heterocycles. The summed E-state index contributed by atoms with van der Waals surface area (Å²) in [5.41, 5.74) is 1.45. The Morgan fingerprint density at radius 1 is 1.33 bits per heavy atom. The van der Waals surface area contributed by atoms with Gasteiger partial charge in [0.2, 0.25) is 0 Å². The van der Waals surface area contributed by atoms with Gasteiger partial charge in [-0.1, -0.05) is 0 Å². The van der Waals surface area contributed by atoms with Gasteiger partial charge >= 0.3 is 0 Å². The number of aromatic nitrogens is 1.